The van der Waals surface area contributed by atoms with Gasteiger partial charge in [0.1, 0.15) is 0 Å². The smallest absolute Gasteiger partial charge is 0.0704 e. The third kappa shape index (κ3) is 4.45. The van der Waals surface area contributed by atoms with Crippen LogP contribution in [0.1, 0.15) is 18.4 Å². The normalized spacial score (nSPS) is 15.5. The molecule has 0 saturated heterocycles. The monoisotopic (exact) mass is 206 g/mol. The lowest BCUT2D eigenvalue weighted by molar-refractivity contribution is 0.0413. The van der Waals surface area contributed by atoms with E-state index in [2.05, 4.69) is 24.3 Å². The first-order chi connectivity index (χ1) is 7.45. The summed E-state index contributed by atoms with van der Waals surface area (Å²) in [5, 5.41) is 0. The van der Waals surface area contributed by atoms with Gasteiger partial charge in [0.2, 0.25) is 0 Å². The van der Waals surface area contributed by atoms with Gasteiger partial charge in [0.25, 0.3) is 0 Å². The van der Waals surface area contributed by atoms with Gasteiger partial charge in [-0.1, -0.05) is 30.3 Å². The summed E-state index contributed by atoms with van der Waals surface area (Å²) in [6.07, 6.45) is 4.01. The Morgan fingerprint density at radius 1 is 1.00 bits per heavy atom. The Labute approximate surface area is 91.2 Å². The molecule has 2 rings (SSSR count). The van der Waals surface area contributed by atoms with E-state index in [9.17, 15) is 0 Å². The van der Waals surface area contributed by atoms with Crippen molar-refractivity contribution in [1.82, 2.24) is 0 Å². The van der Waals surface area contributed by atoms with Crippen molar-refractivity contribution in [1.29, 1.82) is 0 Å². The van der Waals surface area contributed by atoms with Gasteiger partial charge in [-0.25, -0.2) is 0 Å². The molecule has 1 saturated carbocycles. The molecule has 0 atom stereocenters. The van der Waals surface area contributed by atoms with Crippen LogP contribution >= 0.6 is 0 Å². The molecule has 0 N–H and O–H groups in total. The van der Waals surface area contributed by atoms with Crippen molar-refractivity contribution in [2.24, 2.45) is 0 Å². The van der Waals surface area contributed by atoms with Crippen molar-refractivity contribution in [2.45, 2.75) is 25.4 Å². The predicted octanol–water partition coefficient (Wildman–Crippen LogP) is 2.42. The summed E-state index contributed by atoms with van der Waals surface area (Å²) in [4.78, 5) is 0. The van der Waals surface area contributed by atoms with Gasteiger partial charge in [-0.05, 0) is 24.8 Å². The van der Waals surface area contributed by atoms with E-state index in [4.69, 9.17) is 9.47 Å². The van der Waals surface area contributed by atoms with Crippen molar-refractivity contribution < 1.29 is 9.47 Å². The van der Waals surface area contributed by atoms with Gasteiger partial charge in [0, 0.05) is 0 Å². The van der Waals surface area contributed by atoms with E-state index >= 15 is 0 Å². The SMILES string of the molecule is c1ccc(CCOCCOC2CC2)cc1. The minimum Gasteiger partial charge on any atom is -0.379 e. The van der Waals surface area contributed by atoms with Crippen LogP contribution in [0.3, 0.4) is 0 Å². The molecule has 15 heavy (non-hydrogen) atoms. The van der Waals surface area contributed by atoms with Crippen molar-refractivity contribution in [3.63, 3.8) is 0 Å². The lowest BCUT2D eigenvalue weighted by atomic mass is 10.2. The minimum absolute atomic E-state index is 0.544. The summed E-state index contributed by atoms with van der Waals surface area (Å²) in [5.74, 6) is 0. The Morgan fingerprint density at radius 2 is 1.80 bits per heavy atom. The number of rotatable bonds is 7. The second-order valence-corrected chi connectivity index (χ2v) is 3.92. The fraction of sp³-hybridized carbons (Fsp3) is 0.538. The van der Waals surface area contributed by atoms with Gasteiger partial charge in [-0.2, -0.15) is 0 Å². The summed E-state index contributed by atoms with van der Waals surface area (Å²) in [6, 6.07) is 10.4. The molecule has 1 aromatic rings. The van der Waals surface area contributed by atoms with Crippen molar-refractivity contribution in [3.8, 4) is 0 Å². The molecule has 1 aliphatic carbocycles. The predicted molar refractivity (Wildman–Crippen MR) is 59.9 cm³/mol. The van der Waals surface area contributed by atoms with Gasteiger partial charge in [-0.3, -0.25) is 0 Å². The minimum atomic E-state index is 0.544. The third-order valence-electron chi connectivity index (χ3n) is 2.48. The fourth-order valence-electron chi connectivity index (χ4n) is 1.45. The molecule has 0 aromatic heterocycles. The van der Waals surface area contributed by atoms with Crippen LogP contribution in [0.25, 0.3) is 0 Å². The van der Waals surface area contributed by atoms with E-state index in [-0.39, 0.29) is 0 Å². The third-order valence-corrected chi connectivity index (χ3v) is 2.48. The average molecular weight is 206 g/mol. The average Bonchev–Trinajstić information content (AvgIpc) is 3.09. The Kier molecular flexibility index (Phi) is 4.18. The van der Waals surface area contributed by atoms with Crippen LogP contribution in [0.5, 0.6) is 0 Å². The highest BCUT2D eigenvalue weighted by atomic mass is 16.5. The van der Waals surface area contributed by atoms with Gasteiger partial charge >= 0.3 is 0 Å². The zero-order valence-corrected chi connectivity index (χ0v) is 9.02. The number of ether oxygens (including phenoxy) is 2. The first kappa shape index (κ1) is 10.7. The van der Waals surface area contributed by atoms with Crippen LogP contribution in [-0.4, -0.2) is 25.9 Å². The number of hydrogen-bond donors (Lipinski definition) is 0. The van der Waals surface area contributed by atoms with Crippen molar-refractivity contribution in [3.05, 3.63) is 35.9 Å². The van der Waals surface area contributed by atoms with E-state index in [0.29, 0.717) is 6.10 Å². The molecule has 0 unspecified atom stereocenters. The largest absolute Gasteiger partial charge is 0.379 e. The molecule has 0 aliphatic heterocycles. The molecule has 1 fully saturated rings. The molecule has 2 heteroatoms. The molecule has 2 nitrogen and oxygen atoms in total. The summed E-state index contributed by atoms with van der Waals surface area (Å²) in [6.45, 7) is 2.26. The van der Waals surface area contributed by atoms with E-state index in [1.54, 1.807) is 0 Å². The Balaban J connectivity index is 1.47. The molecule has 1 aromatic carbocycles. The molecule has 82 valence electrons. The van der Waals surface area contributed by atoms with Crippen molar-refractivity contribution >= 4 is 0 Å². The van der Waals surface area contributed by atoms with E-state index in [0.717, 1.165) is 26.2 Å². The summed E-state index contributed by atoms with van der Waals surface area (Å²) in [5.41, 5.74) is 1.33. The lowest BCUT2D eigenvalue weighted by Crippen LogP contribution is -2.07. The van der Waals surface area contributed by atoms with Gasteiger partial charge < -0.3 is 9.47 Å². The molecule has 0 heterocycles. The highest BCUT2D eigenvalue weighted by molar-refractivity contribution is 5.14. The second-order valence-electron chi connectivity index (χ2n) is 3.92. The van der Waals surface area contributed by atoms with E-state index in [1.807, 2.05) is 6.07 Å². The van der Waals surface area contributed by atoms with Gasteiger partial charge in [-0.15, -0.1) is 0 Å². The van der Waals surface area contributed by atoms with Gasteiger partial charge in [0.05, 0.1) is 25.9 Å². The van der Waals surface area contributed by atoms with Crippen LogP contribution < -0.4 is 0 Å². The highest BCUT2D eigenvalue weighted by Gasteiger charge is 2.21. The molecule has 0 radical (unpaired) electrons. The van der Waals surface area contributed by atoms with Crippen LogP contribution in [0.2, 0.25) is 0 Å². The zero-order chi connectivity index (χ0) is 10.3. The Morgan fingerprint density at radius 3 is 2.53 bits per heavy atom. The lowest BCUT2D eigenvalue weighted by Gasteiger charge is -2.04. The standard InChI is InChI=1S/C13H18O2/c1-2-4-12(5-3-1)8-9-14-10-11-15-13-6-7-13/h1-5,13H,6-11H2. The zero-order valence-electron chi connectivity index (χ0n) is 9.02. The summed E-state index contributed by atoms with van der Waals surface area (Å²) < 4.78 is 11.0. The molecule has 0 amide bonds. The second kappa shape index (κ2) is 5.89. The van der Waals surface area contributed by atoms with Gasteiger partial charge in [0.15, 0.2) is 0 Å². The van der Waals surface area contributed by atoms with E-state index in [1.165, 1.54) is 18.4 Å². The quantitative estimate of drug-likeness (QED) is 0.638. The fourth-order valence-corrected chi connectivity index (χ4v) is 1.45. The maximum atomic E-state index is 5.49. The molecular formula is C13H18O2. The topological polar surface area (TPSA) is 18.5 Å². The molecule has 0 spiro atoms. The highest BCUT2D eigenvalue weighted by Crippen LogP contribution is 2.22. The Bertz CT molecular complexity index is 267. The maximum Gasteiger partial charge on any atom is 0.0704 e. The first-order valence-corrected chi connectivity index (χ1v) is 5.68. The number of hydrogen-bond acceptors (Lipinski definition) is 2. The van der Waals surface area contributed by atoms with Crippen molar-refractivity contribution in [2.75, 3.05) is 19.8 Å². The molecular weight excluding hydrogens is 188 g/mol. The van der Waals surface area contributed by atoms with Crippen LogP contribution in [0.15, 0.2) is 30.3 Å². The summed E-state index contributed by atoms with van der Waals surface area (Å²) in [7, 11) is 0. The molecule has 1 aliphatic rings. The van der Waals surface area contributed by atoms with Crippen LogP contribution in [0.4, 0.5) is 0 Å². The summed E-state index contributed by atoms with van der Waals surface area (Å²) >= 11 is 0. The van der Waals surface area contributed by atoms with Crippen LogP contribution in [-0.2, 0) is 15.9 Å². The first-order valence-electron chi connectivity index (χ1n) is 5.68. The van der Waals surface area contributed by atoms with E-state index < -0.39 is 0 Å². The maximum absolute atomic E-state index is 5.49. The molecule has 0 bridgehead atoms. The van der Waals surface area contributed by atoms with Crippen LogP contribution in [0, 0.1) is 0 Å². The number of benzene rings is 1. The Hall–Kier alpha value is -0.860.